The quantitative estimate of drug-likeness (QED) is 0.695. The van der Waals surface area contributed by atoms with Crippen molar-refractivity contribution in [3.8, 4) is 0 Å². The molecule has 0 spiro atoms. The van der Waals surface area contributed by atoms with Gasteiger partial charge >= 0.3 is 0 Å². The first-order valence-corrected chi connectivity index (χ1v) is 10.1. The Morgan fingerprint density at radius 1 is 1.28 bits per heavy atom. The first-order valence-electron chi connectivity index (χ1n) is 10.1. The van der Waals surface area contributed by atoms with Crippen LogP contribution in [0.1, 0.15) is 24.7 Å². The number of hydrogen-bond donors (Lipinski definition) is 1. The molecule has 1 aliphatic rings. The van der Waals surface area contributed by atoms with E-state index in [1.807, 2.05) is 50.2 Å². The minimum atomic E-state index is -0.0879. The van der Waals surface area contributed by atoms with Crippen molar-refractivity contribution in [3.05, 3.63) is 60.0 Å². The predicted octanol–water partition coefficient (Wildman–Crippen LogP) is 3.73. The first-order chi connectivity index (χ1) is 14.1. The lowest BCUT2D eigenvalue weighted by Crippen LogP contribution is -2.23. The molecule has 6 nitrogen and oxygen atoms in total. The van der Waals surface area contributed by atoms with Crippen LogP contribution in [-0.2, 0) is 16.0 Å². The first kappa shape index (κ1) is 19.3. The fourth-order valence-corrected chi connectivity index (χ4v) is 3.87. The van der Waals surface area contributed by atoms with Gasteiger partial charge in [-0.2, -0.15) is 0 Å². The van der Waals surface area contributed by atoms with Gasteiger partial charge in [-0.25, -0.2) is 0 Å². The van der Waals surface area contributed by atoms with Crippen molar-refractivity contribution in [1.29, 1.82) is 0 Å². The number of carbonyl (C=O) groups is 1. The number of benzene rings is 1. The number of nitrogens with one attached hydrogen (secondary N) is 1. The van der Waals surface area contributed by atoms with E-state index in [1.54, 1.807) is 6.20 Å². The number of ether oxygens (including phenoxy) is 1. The third kappa shape index (κ3) is 4.54. The zero-order valence-corrected chi connectivity index (χ0v) is 16.9. The highest BCUT2D eigenvalue weighted by atomic mass is 16.5. The van der Waals surface area contributed by atoms with Crippen LogP contribution in [0.3, 0.4) is 0 Å². The summed E-state index contributed by atoms with van der Waals surface area (Å²) in [5, 5.41) is 4.06. The van der Waals surface area contributed by atoms with E-state index in [0.717, 1.165) is 54.1 Å². The van der Waals surface area contributed by atoms with Crippen LogP contribution in [0, 0.1) is 6.92 Å². The Morgan fingerprint density at radius 2 is 2.17 bits per heavy atom. The highest BCUT2D eigenvalue weighted by Crippen LogP contribution is 2.31. The molecule has 150 valence electrons. The van der Waals surface area contributed by atoms with Gasteiger partial charge in [0, 0.05) is 54.0 Å². The normalized spacial score (nSPS) is 16.3. The van der Waals surface area contributed by atoms with Gasteiger partial charge in [0.2, 0.25) is 5.91 Å². The maximum atomic E-state index is 12.4. The number of anilines is 2. The van der Waals surface area contributed by atoms with Crippen molar-refractivity contribution >= 4 is 28.2 Å². The molecule has 3 heterocycles. The second kappa shape index (κ2) is 8.57. The van der Waals surface area contributed by atoms with Crippen LogP contribution in [-0.4, -0.2) is 41.7 Å². The SMILES string of the molecule is CCOC1CCN(c2cc(C)nc3cc(NC(=O)Cc4ccccn4)ccc23)C1. The average Bonchev–Trinajstić information content (AvgIpc) is 3.16. The fourth-order valence-electron chi connectivity index (χ4n) is 3.87. The van der Waals surface area contributed by atoms with Gasteiger partial charge in [0.05, 0.1) is 18.0 Å². The average molecular weight is 390 g/mol. The van der Waals surface area contributed by atoms with E-state index in [1.165, 1.54) is 5.69 Å². The molecule has 6 heteroatoms. The molecule has 1 aliphatic heterocycles. The lowest BCUT2D eigenvalue weighted by atomic mass is 10.1. The minimum Gasteiger partial charge on any atom is -0.377 e. The van der Waals surface area contributed by atoms with Crippen LogP contribution >= 0.6 is 0 Å². The maximum Gasteiger partial charge on any atom is 0.230 e. The molecule has 1 aromatic carbocycles. The molecule has 1 amide bonds. The molecular formula is C23H26N4O2. The largest absolute Gasteiger partial charge is 0.377 e. The Morgan fingerprint density at radius 3 is 2.97 bits per heavy atom. The molecule has 0 saturated carbocycles. The Hall–Kier alpha value is -2.99. The number of rotatable bonds is 6. The highest BCUT2D eigenvalue weighted by Gasteiger charge is 2.24. The third-order valence-corrected chi connectivity index (χ3v) is 5.16. The van der Waals surface area contributed by atoms with Gasteiger partial charge in [-0.15, -0.1) is 0 Å². The van der Waals surface area contributed by atoms with Gasteiger partial charge in [0.25, 0.3) is 0 Å². The van der Waals surface area contributed by atoms with Crippen LogP contribution in [0.2, 0.25) is 0 Å². The van der Waals surface area contributed by atoms with Gasteiger partial charge in [-0.05, 0) is 56.7 Å². The van der Waals surface area contributed by atoms with Crippen molar-refractivity contribution in [2.75, 3.05) is 29.9 Å². The standard InChI is InChI=1S/C23H26N4O2/c1-3-29-19-9-11-27(15-19)22-12-16(2)25-21-13-18(7-8-20(21)22)26-23(28)14-17-6-4-5-10-24-17/h4-8,10,12-13,19H,3,9,11,14-15H2,1-2H3,(H,26,28). The fraction of sp³-hybridized carbons (Fsp3) is 0.348. The van der Waals surface area contributed by atoms with Crippen LogP contribution in [0.4, 0.5) is 11.4 Å². The summed E-state index contributed by atoms with van der Waals surface area (Å²) in [4.78, 5) is 23.6. The van der Waals surface area contributed by atoms with Crippen LogP contribution in [0.15, 0.2) is 48.7 Å². The molecule has 3 aromatic rings. The minimum absolute atomic E-state index is 0.0879. The topological polar surface area (TPSA) is 67.3 Å². The summed E-state index contributed by atoms with van der Waals surface area (Å²) in [6.07, 6.45) is 3.27. The number of hydrogen-bond acceptors (Lipinski definition) is 5. The number of aryl methyl sites for hydroxylation is 1. The molecule has 0 aliphatic carbocycles. The Balaban J connectivity index is 1.54. The van der Waals surface area contributed by atoms with Crippen molar-refractivity contribution < 1.29 is 9.53 Å². The zero-order valence-electron chi connectivity index (χ0n) is 16.9. The Bertz CT molecular complexity index is 1010. The molecule has 1 saturated heterocycles. The second-order valence-corrected chi connectivity index (χ2v) is 7.37. The lowest BCUT2D eigenvalue weighted by molar-refractivity contribution is -0.115. The van der Waals surface area contributed by atoms with E-state index in [2.05, 4.69) is 21.3 Å². The molecule has 1 unspecified atom stereocenters. The van der Waals surface area contributed by atoms with E-state index >= 15 is 0 Å². The van der Waals surface area contributed by atoms with Crippen molar-refractivity contribution in [2.45, 2.75) is 32.8 Å². The van der Waals surface area contributed by atoms with E-state index < -0.39 is 0 Å². The Kier molecular flexibility index (Phi) is 5.71. The molecule has 1 N–H and O–H groups in total. The summed E-state index contributed by atoms with van der Waals surface area (Å²) in [6.45, 7) is 6.67. The van der Waals surface area contributed by atoms with Crippen molar-refractivity contribution in [2.24, 2.45) is 0 Å². The number of pyridine rings is 2. The van der Waals surface area contributed by atoms with Gasteiger partial charge in [0.15, 0.2) is 0 Å². The van der Waals surface area contributed by atoms with Crippen molar-refractivity contribution in [1.82, 2.24) is 9.97 Å². The number of fused-ring (bicyclic) bond motifs is 1. The molecule has 0 radical (unpaired) electrons. The van der Waals surface area contributed by atoms with Gasteiger partial charge in [0.1, 0.15) is 0 Å². The smallest absolute Gasteiger partial charge is 0.230 e. The molecule has 29 heavy (non-hydrogen) atoms. The maximum absolute atomic E-state index is 12.4. The molecule has 0 bridgehead atoms. The van der Waals surface area contributed by atoms with Crippen LogP contribution in [0.5, 0.6) is 0 Å². The summed E-state index contributed by atoms with van der Waals surface area (Å²) < 4.78 is 5.80. The summed E-state index contributed by atoms with van der Waals surface area (Å²) >= 11 is 0. The van der Waals surface area contributed by atoms with E-state index in [9.17, 15) is 4.79 Å². The molecular weight excluding hydrogens is 364 g/mol. The van der Waals surface area contributed by atoms with Gasteiger partial charge < -0.3 is 15.0 Å². The number of amides is 1. The molecule has 1 fully saturated rings. The summed E-state index contributed by atoms with van der Waals surface area (Å²) in [6, 6.07) is 13.6. The van der Waals surface area contributed by atoms with Crippen molar-refractivity contribution in [3.63, 3.8) is 0 Å². The van der Waals surface area contributed by atoms with Crippen LogP contribution in [0.25, 0.3) is 10.9 Å². The summed E-state index contributed by atoms with van der Waals surface area (Å²) in [5.41, 5.74) is 4.52. The number of nitrogens with zero attached hydrogens (tertiary/aromatic N) is 3. The lowest BCUT2D eigenvalue weighted by Gasteiger charge is -2.21. The van der Waals surface area contributed by atoms with E-state index in [4.69, 9.17) is 9.72 Å². The number of carbonyl (C=O) groups excluding carboxylic acids is 1. The molecule has 1 atom stereocenters. The summed E-state index contributed by atoms with van der Waals surface area (Å²) in [5.74, 6) is -0.0879. The third-order valence-electron chi connectivity index (χ3n) is 5.16. The van der Waals surface area contributed by atoms with E-state index in [0.29, 0.717) is 0 Å². The van der Waals surface area contributed by atoms with Gasteiger partial charge in [-0.3, -0.25) is 14.8 Å². The van der Waals surface area contributed by atoms with E-state index in [-0.39, 0.29) is 18.4 Å². The highest BCUT2D eigenvalue weighted by molar-refractivity contribution is 5.98. The molecule has 2 aromatic heterocycles. The Labute approximate surface area is 170 Å². The monoisotopic (exact) mass is 390 g/mol. The second-order valence-electron chi connectivity index (χ2n) is 7.37. The summed E-state index contributed by atoms with van der Waals surface area (Å²) in [7, 11) is 0. The predicted molar refractivity (Wildman–Crippen MR) is 115 cm³/mol. The number of aromatic nitrogens is 2. The molecule has 4 rings (SSSR count). The zero-order chi connectivity index (χ0) is 20.2. The van der Waals surface area contributed by atoms with Crippen LogP contribution < -0.4 is 10.2 Å². The van der Waals surface area contributed by atoms with Gasteiger partial charge in [-0.1, -0.05) is 6.07 Å².